The molecule has 0 aliphatic heterocycles. The predicted molar refractivity (Wildman–Crippen MR) is 44.0 cm³/mol. The van der Waals surface area contributed by atoms with Gasteiger partial charge < -0.3 is 5.73 Å². The van der Waals surface area contributed by atoms with E-state index in [0.29, 0.717) is 6.29 Å². The highest BCUT2D eigenvalue weighted by molar-refractivity contribution is 6.31. The fraction of sp³-hybridized carbons (Fsp3) is 0.143. The maximum Gasteiger partial charge on any atom is 0.267 e. The molecular weight excluding hydrogens is 202 g/mol. The van der Waals surface area contributed by atoms with E-state index in [1.807, 2.05) is 0 Å². The number of rotatable bonds is 2. The summed E-state index contributed by atoms with van der Waals surface area (Å²) < 4.78 is 24.4. The van der Waals surface area contributed by atoms with Gasteiger partial charge in [-0.1, -0.05) is 11.6 Å². The zero-order valence-electron chi connectivity index (χ0n) is 6.30. The van der Waals surface area contributed by atoms with Crippen LogP contribution in [-0.2, 0) is 0 Å². The monoisotopic (exact) mass is 206 g/mol. The van der Waals surface area contributed by atoms with Gasteiger partial charge in [0, 0.05) is 0 Å². The Hall–Kier alpha value is -1.23. The lowest BCUT2D eigenvalue weighted by Crippen LogP contribution is -2.01. The Morgan fingerprint density at radius 3 is 2.69 bits per heavy atom. The van der Waals surface area contributed by atoms with E-state index in [1.54, 1.807) is 0 Å². The summed E-state index contributed by atoms with van der Waals surface area (Å²) in [6.07, 6.45) is -2.41. The third kappa shape index (κ3) is 1.92. The highest BCUT2D eigenvalue weighted by Crippen LogP contribution is 2.26. The Balaban J connectivity index is 3.30. The summed E-state index contributed by atoms with van der Waals surface area (Å²) in [7, 11) is 0. The number of carbonyl (C=O) groups is 1. The zero-order valence-corrected chi connectivity index (χ0v) is 7.05. The van der Waals surface area contributed by atoms with Crippen LogP contribution in [0.2, 0.25) is 5.15 Å². The summed E-state index contributed by atoms with van der Waals surface area (Å²) in [4.78, 5) is 13.7. The Morgan fingerprint density at radius 1 is 1.62 bits per heavy atom. The molecule has 0 saturated heterocycles. The molecule has 1 heterocycles. The number of anilines is 1. The van der Waals surface area contributed by atoms with Gasteiger partial charge in [0.05, 0.1) is 11.1 Å². The first kappa shape index (κ1) is 9.85. The van der Waals surface area contributed by atoms with Crippen molar-refractivity contribution < 1.29 is 13.6 Å². The van der Waals surface area contributed by atoms with Gasteiger partial charge >= 0.3 is 0 Å². The van der Waals surface area contributed by atoms with Gasteiger partial charge in [-0.05, 0) is 6.07 Å². The number of halogens is 3. The third-order valence-corrected chi connectivity index (χ3v) is 1.73. The lowest BCUT2D eigenvalue weighted by Gasteiger charge is -2.04. The molecule has 0 fully saturated rings. The van der Waals surface area contributed by atoms with Crippen molar-refractivity contribution in [2.75, 3.05) is 5.73 Å². The molecule has 1 aromatic rings. The lowest BCUT2D eigenvalue weighted by molar-refractivity contribution is 0.112. The lowest BCUT2D eigenvalue weighted by atomic mass is 10.2. The second-order valence-corrected chi connectivity index (χ2v) is 2.62. The number of carbonyl (C=O) groups excluding carboxylic acids is 1. The van der Waals surface area contributed by atoms with E-state index in [1.165, 1.54) is 0 Å². The fourth-order valence-corrected chi connectivity index (χ4v) is 0.983. The molecule has 3 nitrogen and oxygen atoms in total. The molecule has 0 atom stereocenters. The summed E-state index contributed by atoms with van der Waals surface area (Å²) in [5.41, 5.74) is 4.58. The molecule has 0 saturated carbocycles. The number of nitrogens with zero attached hydrogens (tertiary/aromatic N) is 1. The quantitative estimate of drug-likeness (QED) is 0.595. The first-order valence-corrected chi connectivity index (χ1v) is 3.63. The number of aldehydes is 1. The van der Waals surface area contributed by atoms with E-state index in [0.717, 1.165) is 6.07 Å². The summed E-state index contributed by atoms with van der Waals surface area (Å²) in [6, 6.07) is 0.933. The van der Waals surface area contributed by atoms with E-state index in [9.17, 15) is 13.6 Å². The van der Waals surface area contributed by atoms with Crippen LogP contribution >= 0.6 is 11.6 Å². The molecule has 1 aromatic heterocycles. The van der Waals surface area contributed by atoms with Gasteiger partial charge in [-0.3, -0.25) is 4.79 Å². The first-order chi connectivity index (χ1) is 6.06. The van der Waals surface area contributed by atoms with Crippen LogP contribution < -0.4 is 5.73 Å². The van der Waals surface area contributed by atoms with Crippen molar-refractivity contribution in [1.29, 1.82) is 0 Å². The van der Waals surface area contributed by atoms with Crippen LogP contribution in [0.25, 0.3) is 0 Å². The Labute approximate surface area is 77.5 Å². The van der Waals surface area contributed by atoms with Crippen LogP contribution in [0.15, 0.2) is 6.07 Å². The molecule has 13 heavy (non-hydrogen) atoms. The van der Waals surface area contributed by atoms with Crippen LogP contribution in [0.1, 0.15) is 22.3 Å². The molecule has 0 amide bonds. The summed E-state index contributed by atoms with van der Waals surface area (Å²) in [6.45, 7) is 0. The van der Waals surface area contributed by atoms with Crippen molar-refractivity contribution in [3.05, 3.63) is 22.3 Å². The zero-order chi connectivity index (χ0) is 10.0. The van der Waals surface area contributed by atoms with Gasteiger partial charge in [-0.15, -0.1) is 0 Å². The molecule has 1 rings (SSSR count). The SMILES string of the molecule is Nc1nc(Cl)c(C=O)cc1C(F)F. The maximum atomic E-state index is 12.2. The Bertz CT molecular complexity index is 344. The summed E-state index contributed by atoms with van der Waals surface area (Å²) >= 11 is 5.44. The number of hydrogen-bond acceptors (Lipinski definition) is 3. The molecule has 0 radical (unpaired) electrons. The molecule has 70 valence electrons. The van der Waals surface area contributed by atoms with Crippen LogP contribution in [0, 0.1) is 0 Å². The maximum absolute atomic E-state index is 12.2. The number of nitrogens with two attached hydrogens (primary N) is 1. The Morgan fingerprint density at radius 2 is 2.23 bits per heavy atom. The number of pyridine rings is 1. The predicted octanol–water partition coefficient (Wildman–Crippen LogP) is 2.07. The molecular formula is C7H5ClF2N2O. The molecule has 0 aliphatic carbocycles. The van der Waals surface area contributed by atoms with Gasteiger partial charge in [0.15, 0.2) is 6.29 Å². The number of aromatic nitrogens is 1. The highest BCUT2D eigenvalue weighted by atomic mass is 35.5. The standard InChI is InChI=1S/C7H5ClF2N2O/c8-5-3(2-13)1-4(6(9)10)7(11)12-5/h1-2,6H,(H2,11,12). The minimum absolute atomic E-state index is 0.0915. The largest absolute Gasteiger partial charge is 0.383 e. The van der Waals surface area contributed by atoms with Crippen LogP contribution in [-0.4, -0.2) is 11.3 Å². The van der Waals surface area contributed by atoms with Crippen LogP contribution in [0.5, 0.6) is 0 Å². The van der Waals surface area contributed by atoms with Crippen LogP contribution in [0.3, 0.4) is 0 Å². The van der Waals surface area contributed by atoms with Gasteiger partial charge in [-0.25, -0.2) is 13.8 Å². The molecule has 6 heteroatoms. The first-order valence-electron chi connectivity index (χ1n) is 3.25. The van der Waals surface area contributed by atoms with Crippen molar-refractivity contribution in [3.8, 4) is 0 Å². The van der Waals surface area contributed by atoms with Crippen molar-refractivity contribution in [1.82, 2.24) is 4.98 Å². The number of hydrogen-bond donors (Lipinski definition) is 1. The minimum atomic E-state index is -2.76. The second kappa shape index (κ2) is 3.66. The van der Waals surface area contributed by atoms with Crippen molar-refractivity contribution >= 4 is 23.7 Å². The summed E-state index contributed by atoms with van der Waals surface area (Å²) in [5, 5.41) is -0.170. The fourth-order valence-electron chi connectivity index (χ4n) is 0.793. The molecule has 0 bridgehead atoms. The molecule has 0 aliphatic rings. The normalized spacial score (nSPS) is 10.5. The minimum Gasteiger partial charge on any atom is -0.383 e. The smallest absolute Gasteiger partial charge is 0.267 e. The van der Waals surface area contributed by atoms with Gasteiger partial charge in [0.1, 0.15) is 11.0 Å². The van der Waals surface area contributed by atoms with Gasteiger partial charge in [-0.2, -0.15) is 0 Å². The van der Waals surface area contributed by atoms with Crippen molar-refractivity contribution in [2.45, 2.75) is 6.43 Å². The van der Waals surface area contributed by atoms with E-state index in [-0.39, 0.29) is 16.5 Å². The number of nitrogen functional groups attached to an aromatic ring is 1. The van der Waals surface area contributed by atoms with E-state index >= 15 is 0 Å². The average Bonchev–Trinajstić information content (AvgIpc) is 2.03. The molecule has 2 N–H and O–H groups in total. The molecule has 0 spiro atoms. The number of alkyl halides is 2. The van der Waals surface area contributed by atoms with Crippen molar-refractivity contribution in [2.24, 2.45) is 0 Å². The molecule has 0 unspecified atom stereocenters. The van der Waals surface area contributed by atoms with Crippen LogP contribution in [0.4, 0.5) is 14.6 Å². The van der Waals surface area contributed by atoms with E-state index in [2.05, 4.69) is 4.98 Å². The average molecular weight is 207 g/mol. The van der Waals surface area contributed by atoms with Gasteiger partial charge in [0.2, 0.25) is 0 Å². The Kier molecular flexibility index (Phi) is 2.77. The van der Waals surface area contributed by atoms with Gasteiger partial charge in [0.25, 0.3) is 6.43 Å². The van der Waals surface area contributed by atoms with E-state index in [4.69, 9.17) is 17.3 Å². The second-order valence-electron chi connectivity index (χ2n) is 2.26. The third-order valence-electron chi connectivity index (χ3n) is 1.43. The van der Waals surface area contributed by atoms with Crippen molar-refractivity contribution in [3.63, 3.8) is 0 Å². The van der Waals surface area contributed by atoms with E-state index < -0.39 is 12.0 Å². The highest BCUT2D eigenvalue weighted by Gasteiger charge is 2.15. The summed E-state index contributed by atoms with van der Waals surface area (Å²) in [5.74, 6) is -0.356. The topological polar surface area (TPSA) is 56.0 Å². The molecule has 0 aromatic carbocycles.